The topological polar surface area (TPSA) is 46.5 Å². The summed E-state index contributed by atoms with van der Waals surface area (Å²) < 4.78 is 5.59. The van der Waals surface area contributed by atoms with Gasteiger partial charge in [-0.15, -0.1) is 0 Å². The molecule has 3 heteroatoms. The maximum Gasteiger partial charge on any atom is 0.311 e. The van der Waals surface area contributed by atoms with Crippen molar-refractivity contribution >= 4 is 5.97 Å². The van der Waals surface area contributed by atoms with Crippen LogP contribution in [0.2, 0.25) is 0 Å². The number of carbonyl (C=O) groups is 1. The monoisotopic (exact) mass is 316 g/mol. The van der Waals surface area contributed by atoms with E-state index < -0.39 is 0 Å². The number of allylic oxidation sites excluding steroid dienone is 2. The van der Waals surface area contributed by atoms with Crippen LogP contribution < -0.4 is 4.74 Å². The van der Waals surface area contributed by atoms with Gasteiger partial charge in [0.25, 0.3) is 0 Å². The van der Waals surface area contributed by atoms with E-state index in [1.54, 1.807) is 0 Å². The first kappa shape index (κ1) is 17.7. The van der Waals surface area contributed by atoms with Gasteiger partial charge in [-0.2, -0.15) is 0 Å². The molecule has 1 aliphatic rings. The van der Waals surface area contributed by atoms with Gasteiger partial charge in [-0.25, -0.2) is 0 Å². The standard InChI is InChI=1S/C20H28O3/c1-16-12-13-18-17(15-16)9-8-10-19(18)23-20(22)11-6-4-2-3-5-7-14-21/h2,4,8-10,16,21H,3,5-7,11-15H2,1H3/b4-2+. The van der Waals surface area contributed by atoms with Gasteiger partial charge in [0, 0.05) is 13.0 Å². The fourth-order valence-corrected chi connectivity index (χ4v) is 3.03. The van der Waals surface area contributed by atoms with Crippen LogP contribution in [0.15, 0.2) is 30.4 Å². The molecule has 3 nitrogen and oxygen atoms in total. The third-order valence-electron chi connectivity index (χ3n) is 4.37. The van der Waals surface area contributed by atoms with Crippen LogP contribution in [0.25, 0.3) is 0 Å². The maximum atomic E-state index is 12.0. The highest BCUT2D eigenvalue weighted by atomic mass is 16.5. The van der Waals surface area contributed by atoms with Crippen LogP contribution in [0.1, 0.15) is 56.6 Å². The normalized spacial score (nSPS) is 17.2. The highest BCUT2D eigenvalue weighted by Crippen LogP contribution is 2.32. The molecule has 0 spiro atoms. The number of aliphatic hydroxyl groups excluding tert-OH is 1. The van der Waals surface area contributed by atoms with Crippen molar-refractivity contribution in [3.63, 3.8) is 0 Å². The number of benzene rings is 1. The Morgan fingerprint density at radius 1 is 1.30 bits per heavy atom. The summed E-state index contributed by atoms with van der Waals surface area (Å²) in [5.74, 6) is 1.31. The molecule has 0 fully saturated rings. The Bertz CT molecular complexity index is 534. The quantitative estimate of drug-likeness (QED) is 0.338. The molecule has 0 amide bonds. The number of rotatable bonds is 8. The summed E-state index contributed by atoms with van der Waals surface area (Å²) in [5.41, 5.74) is 2.55. The molecule has 0 saturated heterocycles. The highest BCUT2D eigenvalue weighted by molar-refractivity contribution is 5.73. The molecule has 23 heavy (non-hydrogen) atoms. The van der Waals surface area contributed by atoms with Gasteiger partial charge in [0.1, 0.15) is 5.75 Å². The summed E-state index contributed by atoms with van der Waals surface area (Å²) in [5, 5.41) is 8.70. The first-order valence-corrected chi connectivity index (χ1v) is 8.78. The molecule has 0 bridgehead atoms. The van der Waals surface area contributed by atoms with Crippen molar-refractivity contribution in [1.29, 1.82) is 0 Å². The van der Waals surface area contributed by atoms with Gasteiger partial charge in [0.2, 0.25) is 0 Å². The van der Waals surface area contributed by atoms with Crippen LogP contribution in [0.3, 0.4) is 0 Å². The molecule has 0 saturated carbocycles. The maximum absolute atomic E-state index is 12.0. The zero-order valence-electron chi connectivity index (χ0n) is 14.1. The van der Waals surface area contributed by atoms with E-state index in [4.69, 9.17) is 9.84 Å². The van der Waals surface area contributed by atoms with Crippen molar-refractivity contribution < 1.29 is 14.6 Å². The van der Waals surface area contributed by atoms with E-state index in [0.29, 0.717) is 18.8 Å². The average molecular weight is 316 g/mol. The van der Waals surface area contributed by atoms with Gasteiger partial charge >= 0.3 is 5.97 Å². The number of aliphatic hydroxyl groups is 1. The average Bonchev–Trinajstić information content (AvgIpc) is 2.54. The van der Waals surface area contributed by atoms with Gasteiger partial charge in [-0.05, 0) is 68.1 Å². The van der Waals surface area contributed by atoms with E-state index in [2.05, 4.69) is 19.1 Å². The van der Waals surface area contributed by atoms with Crippen molar-refractivity contribution in [3.8, 4) is 5.75 Å². The second-order valence-corrected chi connectivity index (χ2v) is 6.45. The lowest BCUT2D eigenvalue weighted by atomic mass is 9.84. The third-order valence-corrected chi connectivity index (χ3v) is 4.37. The Kier molecular flexibility index (Phi) is 7.34. The Balaban J connectivity index is 1.79. The molecule has 0 aliphatic heterocycles. The Morgan fingerprint density at radius 2 is 2.13 bits per heavy atom. The van der Waals surface area contributed by atoms with Crippen molar-refractivity contribution in [3.05, 3.63) is 41.5 Å². The summed E-state index contributed by atoms with van der Waals surface area (Å²) in [6.45, 7) is 2.52. The SMILES string of the molecule is CC1CCc2c(cccc2OC(=O)CC/C=C/CCCCO)C1. The largest absolute Gasteiger partial charge is 0.426 e. The minimum atomic E-state index is -0.156. The lowest BCUT2D eigenvalue weighted by Crippen LogP contribution is -2.15. The molecule has 0 aromatic heterocycles. The molecular formula is C20H28O3. The smallest absolute Gasteiger partial charge is 0.311 e. The van der Waals surface area contributed by atoms with E-state index in [9.17, 15) is 4.79 Å². The predicted molar refractivity (Wildman–Crippen MR) is 92.6 cm³/mol. The number of unbranched alkanes of at least 4 members (excludes halogenated alkanes) is 2. The number of fused-ring (bicyclic) bond motifs is 1. The molecule has 1 unspecified atom stereocenters. The number of hydrogen-bond acceptors (Lipinski definition) is 3. The number of carbonyl (C=O) groups excluding carboxylic acids is 1. The Morgan fingerprint density at radius 3 is 2.96 bits per heavy atom. The lowest BCUT2D eigenvalue weighted by molar-refractivity contribution is -0.134. The lowest BCUT2D eigenvalue weighted by Gasteiger charge is -2.23. The summed E-state index contributed by atoms with van der Waals surface area (Å²) >= 11 is 0. The Labute approximate surface area is 139 Å². The van der Waals surface area contributed by atoms with Gasteiger partial charge in [0.15, 0.2) is 0 Å². The van der Waals surface area contributed by atoms with E-state index in [0.717, 1.165) is 44.3 Å². The molecule has 0 radical (unpaired) electrons. The van der Waals surface area contributed by atoms with E-state index in [-0.39, 0.29) is 12.6 Å². The summed E-state index contributed by atoms with van der Waals surface area (Å²) in [6.07, 6.45) is 11.3. The van der Waals surface area contributed by atoms with Crippen LogP contribution >= 0.6 is 0 Å². The molecule has 0 heterocycles. The van der Waals surface area contributed by atoms with E-state index >= 15 is 0 Å². The van der Waals surface area contributed by atoms with Crippen molar-refractivity contribution in [1.82, 2.24) is 0 Å². The summed E-state index contributed by atoms with van der Waals surface area (Å²) in [7, 11) is 0. The molecule has 1 aromatic carbocycles. The number of ether oxygens (including phenoxy) is 1. The summed E-state index contributed by atoms with van der Waals surface area (Å²) in [6, 6.07) is 6.05. The molecule has 126 valence electrons. The van der Waals surface area contributed by atoms with Crippen LogP contribution in [0.4, 0.5) is 0 Å². The predicted octanol–water partition coefficient (Wildman–Crippen LogP) is 4.22. The minimum Gasteiger partial charge on any atom is -0.426 e. The van der Waals surface area contributed by atoms with E-state index in [1.165, 1.54) is 11.1 Å². The molecular weight excluding hydrogens is 288 g/mol. The summed E-state index contributed by atoms with van der Waals surface area (Å²) in [4.78, 5) is 12.0. The highest BCUT2D eigenvalue weighted by Gasteiger charge is 2.19. The number of hydrogen-bond donors (Lipinski definition) is 1. The fourth-order valence-electron chi connectivity index (χ4n) is 3.03. The fraction of sp³-hybridized carbons (Fsp3) is 0.550. The van der Waals surface area contributed by atoms with Gasteiger partial charge < -0.3 is 9.84 Å². The molecule has 1 N–H and O–H groups in total. The first-order chi connectivity index (χ1) is 11.2. The minimum absolute atomic E-state index is 0.156. The van der Waals surface area contributed by atoms with E-state index in [1.807, 2.05) is 18.2 Å². The molecule has 1 aliphatic carbocycles. The van der Waals surface area contributed by atoms with Crippen molar-refractivity contribution in [2.75, 3.05) is 6.61 Å². The van der Waals surface area contributed by atoms with Crippen molar-refractivity contribution in [2.24, 2.45) is 5.92 Å². The first-order valence-electron chi connectivity index (χ1n) is 8.78. The van der Waals surface area contributed by atoms with Gasteiger partial charge in [0.05, 0.1) is 0 Å². The molecule has 1 aromatic rings. The van der Waals surface area contributed by atoms with Crippen LogP contribution in [-0.4, -0.2) is 17.7 Å². The van der Waals surface area contributed by atoms with Crippen LogP contribution in [0.5, 0.6) is 5.75 Å². The second-order valence-electron chi connectivity index (χ2n) is 6.45. The van der Waals surface area contributed by atoms with Crippen LogP contribution in [0, 0.1) is 5.92 Å². The second kappa shape index (κ2) is 9.51. The van der Waals surface area contributed by atoms with Crippen LogP contribution in [-0.2, 0) is 17.6 Å². The van der Waals surface area contributed by atoms with Crippen molar-refractivity contribution in [2.45, 2.75) is 58.3 Å². The zero-order valence-corrected chi connectivity index (χ0v) is 14.1. The molecule has 2 rings (SSSR count). The Hall–Kier alpha value is -1.61. The zero-order chi connectivity index (χ0) is 16.5. The molecule has 1 atom stereocenters. The van der Waals surface area contributed by atoms with Gasteiger partial charge in [-0.3, -0.25) is 4.79 Å². The third kappa shape index (κ3) is 5.83. The van der Waals surface area contributed by atoms with Gasteiger partial charge in [-0.1, -0.05) is 31.2 Å². The number of esters is 1.